The van der Waals surface area contributed by atoms with E-state index in [1.165, 1.54) is 0 Å². The van der Waals surface area contributed by atoms with Crippen LogP contribution in [-0.4, -0.2) is 5.78 Å². The van der Waals surface area contributed by atoms with E-state index in [2.05, 4.69) is 15.9 Å². The molecule has 0 amide bonds. The molecule has 0 aromatic heterocycles. The highest BCUT2D eigenvalue weighted by Crippen LogP contribution is 2.25. The van der Waals surface area contributed by atoms with Crippen molar-refractivity contribution in [1.82, 2.24) is 0 Å². The van der Waals surface area contributed by atoms with Crippen LogP contribution in [-0.2, 0) is 0 Å². The van der Waals surface area contributed by atoms with E-state index in [4.69, 9.17) is 0 Å². The zero-order valence-corrected chi connectivity index (χ0v) is 12.2. The molecule has 0 N–H and O–H groups in total. The SMILES string of the molecule is CCCC(CCC)C(=O)c1cc(F)c(Br)cc1F. The van der Waals surface area contributed by atoms with Gasteiger partial charge in [-0.25, -0.2) is 8.78 Å². The zero-order valence-electron chi connectivity index (χ0n) is 10.6. The Hall–Kier alpha value is -0.770. The molecule has 1 nitrogen and oxygen atoms in total. The summed E-state index contributed by atoms with van der Waals surface area (Å²) in [7, 11) is 0. The van der Waals surface area contributed by atoms with Gasteiger partial charge in [-0.1, -0.05) is 26.7 Å². The average molecular weight is 319 g/mol. The molecule has 4 heteroatoms. The average Bonchev–Trinajstić information content (AvgIpc) is 2.33. The molecule has 0 heterocycles. The molecule has 0 spiro atoms. The lowest BCUT2D eigenvalue weighted by atomic mass is 9.89. The van der Waals surface area contributed by atoms with Crippen molar-refractivity contribution in [3.63, 3.8) is 0 Å². The van der Waals surface area contributed by atoms with Crippen molar-refractivity contribution in [2.75, 3.05) is 0 Å². The van der Waals surface area contributed by atoms with Crippen LogP contribution >= 0.6 is 15.9 Å². The van der Waals surface area contributed by atoms with Crippen LogP contribution in [0.2, 0.25) is 0 Å². The van der Waals surface area contributed by atoms with E-state index < -0.39 is 11.6 Å². The molecular formula is C14H17BrF2O. The third-order valence-electron chi connectivity index (χ3n) is 2.92. The second-order valence-electron chi connectivity index (χ2n) is 4.38. The third kappa shape index (κ3) is 3.61. The van der Waals surface area contributed by atoms with E-state index >= 15 is 0 Å². The van der Waals surface area contributed by atoms with Gasteiger partial charge in [0.05, 0.1) is 10.0 Å². The number of Topliss-reactive ketones (excluding diaryl/α,β-unsaturated/α-hetero) is 1. The second-order valence-corrected chi connectivity index (χ2v) is 5.24. The number of carbonyl (C=O) groups is 1. The normalized spacial score (nSPS) is 11.0. The topological polar surface area (TPSA) is 17.1 Å². The molecule has 0 radical (unpaired) electrons. The highest BCUT2D eigenvalue weighted by molar-refractivity contribution is 9.10. The lowest BCUT2D eigenvalue weighted by molar-refractivity contribution is 0.0900. The fourth-order valence-corrected chi connectivity index (χ4v) is 2.35. The third-order valence-corrected chi connectivity index (χ3v) is 3.53. The van der Waals surface area contributed by atoms with E-state index in [0.29, 0.717) is 12.8 Å². The number of rotatable bonds is 6. The first-order valence-electron chi connectivity index (χ1n) is 6.20. The van der Waals surface area contributed by atoms with Gasteiger partial charge in [-0.05, 0) is 40.9 Å². The summed E-state index contributed by atoms with van der Waals surface area (Å²) in [4.78, 5) is 12.2. The van der Waals surface area contributed by atoms with Crippen LogP contribution in [0.3, 0.4) is 0 Å². The van der Waals surface area contributed by atoms with Gasteiger partial charge in [0.25, 0.3) is 0 Å². The fourth-order valence-electron chi connectivity index (χ4n) is 2.03. The van der Waals surface area contributed by atoms with Crippen LogP contribution in [0, 0.1) is 17.6 Å². The first kappa shape index (κ1) is 15.3. The Morgan fingerprint density at radius 2 is 1.72 bits per heavy atom. The summed E-state index contributed by atoms with van der Waals surface area (Å²) in [5.41, 5.74) is -0.136. The Morgan fingerprint density at radius 3 is 2.22 bits per heavy atom. The lowest BCUT2D eigenvalue weighted by Gasteiger charge is -2.14. The number of carbonyl (C=O) groups excluding carboxylic acids is 1. The number of hydrogen-bond donors (Lipinski definition) is 0. The number of ketones is 1. The molecule has 1 aromatic rings. The first-order valence-corrected chi connectivity index (χ1v) is 6.99. The molecule has 0 fully saturated rings. The molecule has 0 saturated carbocycles. The highest BCUT2D eigenvalue weighted by Gasteiger charge is 2.22. The molecule has 0 aliphatic carbocycles. The second kappa shape index (κ2) is 6.98. The van der Waals surface area contributed by atoms with Crippen molar-refractivity contribution in [1.29, 1.82) is 0 Å². The Bertz CT molecular complexity index is 426. The minimum atomic E-state index is -0.662. The van der Waals surface area contributed by atoms with Crippen LogP contribution in [0.15, 0.2) is 16.6 Å². The van der Waals surface area contributed by atoms with Crippen molar-refractivity contribution >= 4 is 21.7 Å². The Kier molecular flexibility index (Phi) is 5.93. The molecule has 18 heavy (non-hydrogen) atoms. The smallest absolute Gasteiger partial charge is 0.168 e. The van der Waals surface area contributed by atoms with Gasteiger partial charge in [0, 0.05) is 5.92 Å². The van der Waals surface area contributed by atoms with E-state index in [1.807, 2.05) is 13.8 Å². The lowest BCUT2D eigenvalue weighted by Crippen LogP contribution is -2.16. The fraction of sp³-hybridized carbons (Fsp3) is 0.500. The van der Waals surface area contributed by atoms with Crippen LogP contribution in [0.25, 0.3) is 0 Å². The van der Waals surface area contributed by atoms with Crippen LogP contribution in [0.5, 0.6) is 0 Å². The van der Waals surface area contributed by atoms with Crippen molar-refractivity contribution < 1.29 is 13.6 Å². The van der Waals surface area contributed by atoms with Crippen molar-refractivity contribution in [2.45, 2.75) is 39.5 Å². The van der Waals surface area contributed by atoms with Crippen LogP contribution in [0.1, 0.15) is 49.9 Å². The standard InChI is InChI=1S/C14H17BrF2O/c1-3-5-9(6-4-2)14(18)10-7-13(17)11(15)8-12(10)16/h7-9H,3-6H2,1-2H3. The van der Waals surface area contributed by atoms with Crippen LogP contribution in [0.4, 0.5) is 8.78 Å². The van der Waals surface area contributed by atoms with Crippen molar-refractivity contribution in [3.05, 3.63) is 33.8 Å². The van der Waals surface area contributed by atoms with Gasteiger partial charge >= 0.3 is 0 Å². The summed E-state index contributed by atoms with van der Waals surface area (Å²) in [6.07, 6.45) is 3.14. The molecule has 1 aromatic carbocycles. The molecule has 0 aliphatic heterocycles. The van der Waals surface area contributed by atoms with Gasteiger partial charge < -0.3 is 0 Å². The van der Waals surface area contributed by atoms with Crippen molar-refractivity contribution in [3.8, 4) is 0 Å². The maximum Gasteiger partial charge on any atom is 0.168 e. The predicted molar refractivity (Wildman–Crippen MR) is 71.7 cm³/mol. The van der Waals surface area contributed by atoms with E-state index in [1.54, 1.807) is 0 Å². The highest BCUT2D eigenvalue weighted by atomic mass is 79.9. The Morgan fingerprint density at radius 1 is 1.17 bits per heavy atom. The summed E-state index contributed by atoms with van der Waals surface area (Å²) < 4.78 is 27.1. The van der Waals surface area contributed by atoms with E-state index in [0.717, 1.165) is 25.0 Å². The number of halogens is 3. The van der Waals surface area contributed by atoms with Gasteiger partial charge in [-0.2, -0.15) is 0 Å². The molecule has 0 aliphatic rings. The monoisotopic (exact) mass is 318 g/mol. The molecule has 0 unspecified atom stereocenters. The summed E-state index contributed by atoms with van der Waals surface area (Å²) in [5, 5.41) is 0. The van der Waals surface area contributed by atoms with Gasteiger partial charge in [0.15, 0.2) is 5.78 Å². The first-order chi connectivity index (χ1) is 8.51. The van der Waals surface area contributed by atoms with Gasteiger partial charge in [0.2, 0.25) is 0 Å². The number of benzene rings is 1. The maximum absolute atomic E-state index is 13.7. The summed E-state index contributed by atoms with van der Waals surface area (Å²) in [6.45, 7) is 3.96. The minimum Gasteiger partial charge on any atom is -0.294 e. The van der Waals surface area contributed by atoms with E-state index in [-0.39, 0.29) is 21.7 Å². The number of hydrogen-bond acceptors (Lipinski definition) is 1. The van der Waals surface area contributed by atoms with Gasteiger partial charge in [-0.15, -0.1) is 0 Å². The van der Waals surface area contributed by atoms with Gasteiger partial charge in [0.1, 0.15) is 11.6 Å². The quantitative estimate of drug-likeness (QED) is 0.525. The molecule has 1 rings (SSSR count). The van der Waals surface area contributed by atoms with Crippen LogP contribution < -0.4 is 0 Å². The summed E-state index contributed by atoms with van der Waals surface area (Å²) in [5.74, 6) is -1.77. The molecular weight excluding hydrogens is 302 g/mol. The van der Waals surface area contributed by atoms with Gasteiger partial charge in [-0.3, -0.25) is 4.79 Å². The summed E-state index contributed by atoms with van der Waals surface area (Å²) >= 11 is 2.90. The van der Waals surface area contributed by atoms with Crippen molar-refractivity contribution in [2.24, 2.45) is 5.92 Å². The largest absolute Gasteiger partial charge is 0.294 e. The Labute approximate surface area is 115 Å². The molecule has 0 atom stereocenters. The maximum atomic E-state index is 13.7. The molecule has 0 saturated heterocycles. The van der Waals surface area contributed by atoms with E-state index in [9.17, 15) is 13.6 Å². The Balaban J connectivity index is 3.04. The zero-order chi connectivity index (χ0) is 13.7. The minimum absolute atomic E-state index is 0.0408. The molecule has 0 bridgehead atoms. The summed E-state index contributed by atoms with van der Waals surface area (Å²) in [6, 6.07) is 2.00. The molecule has 100 valence electrons. The predicted octanol–water partition coefficient (Wildman–Crippen LogP) is 5.13.